The number of hydrogen-bond acceptors (Lipinski definition) is 5. The van der Waals surface area contributed by atoms with E-state index in [1.54, 1.807) is 30.8 Å². The van der Waals surface area contributed by atoms with Gasteiger partial charge in [0.25, 0.3) is 5.91 Å². The summed E-state index contributed by atoms with van der Waals surface area (Å²) in [6.07, 6.45) is 0. The zero-order chi connectivity index (χ0) is 17.5. The maximum absolute atomic E-state index is 12.4. The second-order valence-electron chi connectivity index (χ2n) is 5.29. The van der Waals surface area contributed by atoms with Gasteiger partial charge in [0.05, 0.1) is 18.3 Å². The van der Waals surface area contributed by atoms with Crippen LogP contribution in [0.1, 0.15) is 21.6 Å². The van der Waals surface area contributed by atoms with Crippen LogP contribution in [0.25, 0.3) is 0 Å². The molecule has 25 heavy (non-hydrogen) atoms. The van der Waals surface area contributed by atoms with E-state index >= 15 is 0 Å². The number of rotatable bonds is 7. The largest absolute Gasteiger partial charge is 0.496 e. The number of carbonyl (C=O) groups is 1. The third kappa shape index (κ3) is 4.58. The lowest BCUT2D eigenvalue weighted by Gasteiger charge is -2.10. The Morgan fingerprint density at radius 1 is 1.20 bits per heavy atom. The van der Waals surface area contributed by atoms with Crippen molar-refractivity contribution in [2.45, 2.75) is 13.2 Å². The average Bonchev–Trinajstić information content (AvgIpc) is 3.18. The standard InChI is InChI=1S/C19H18N2O3S/c1-23-18-8-3-2-5-15(18)10-20-19(22)14-6-4-7-17(9-14)24-11-16-12-25-13-21-16/h2-9,12-13H,10-11H2,1H3,(H,20,22). The van der Waals surface area contributed by atoms with Crippen molar-refractivity contribution in [3.05, 3.63) is 76.2 Å². The third-order valence-corrected chi connectivity index (χ3v) is 4.23. The highest BCUT2D eigenvalue weighted by atomic mass is 32.1. The molecule has 6 heteroatoms. The quantitative estimate of drug-likeness (QED) is 0.703. The van der Waals surface area contributed by atoms with E-state index in [0.717, 1.165) is 17.0 Å². The van der Waals surface area contributed by atoms with Crippen LogP contribution in [0, 0.1) is 0 Å². The van der Waals surface area contributed by atoms with E-state index < -0.39 is 0 Å². The van der Waals surface area contributed by atoms with Crippen molar-refractivity contribution < 1.29 is 14.3 Å². The molecule has 1 N–H and O–H groups in total. The Hall–Kier alpha value is -2.86. The molecular weight excluding hydrogens is 336 g/mol. The van der Waals surface area contributed by atoms with Crippen LogP contribution in [0.2, 0.25) is 0 Å². The van der Waals surface area contributed by atoms with Crippen LogP contribution in [0.5, 0.6) is 11.5 Å². The lowest BCUT2D eigenvalue weighted by atomic mass is 10.1. The van der Waals surface area contributed by atoms with E-state index in [0.29, 0.717) is 24.5 Å². The summed E-state index contributed by atoms with van der Waals surface area (Å²) in [6, 6.07) is 14.7. The Morgan fingerprint density at radius 2 is 2.08 bits per heavy atom. The molecule has 3 rings (SSSR count). The number of nitrogens with zero attached hydrogens (tertiary/aromatic N) is 1. The molecule has 0 atom stereocenters. The molecule has 0 radical (unpaired) electrons. The number of nitrogens with one attached hydrogen (secondary N) is 1. The van der Waals surface area contributed by atoms with Gasteiger partial charge >= 0.3 is 0 Å². The van der Waals surface area contributed by atoms with E-state index in [1.165, 1.54) is 11.3 Å². The number of thiazole rings is 1. The second kappa shape index (κ2) is 8.30. The van der Waals surface area contributed by atoms with E-state index in [4.69, 9.17) is 9.47 Å². The first-order chi connectivity index (χ1) is 12.3. The number of carbonyl (C=O) groups excluding carboxylic acids is 1. The number of ether oxygens (including phenoxy) is 2. The van der Waals surface area contributed by atoms with Gasteiger partial charge in [0.1, 0.15) is 18.1 Å². The third-order valence-electron chi connectivity index (χ3n) is 3.60. The van der Waals surface area contributed by atoms with Gasteiger partial charge in [-0.15, -0.1) is 11.3 Å². The summed E-state index contributed by atoms with van der Waals surface area (Å²) in [6.45, 7) is 0.780. The van der Waals surface area contributed by atoms with Crippen molar-refractivity contribution in [2.75, 3.05) is 7.11 Å². The van der Waals surface area contributed by atoms with Crippen molar-refractivity contribution in [3.63, 3.8) is 0 Å². The Bertz CT molecular complexity index is 834. The Labute approximate surface area is 150 Å². The Kier molecular flexibility index (Phi) is 5.64. The summed E-state index contributed by atoms with van der Waals surface area (Å²) in [5.41, 5.74) is 4.11. The maximum Gasteiger partial charge on any atom is 0.251 e. The summed E-state index contributed by atoms with van der Waals surface area (Å²) in [7, 11) is 1.61. The molecule has 0 aliphatic heterocycles. The molecule has 0 aliphatic rings. The minimum absolute atomic E-state index is 0.162. The van der Waals surface area contributed by atoms with Gasteiger partial charge in [-0.05, 0) is 24.3 Å². The number of methoxy groups -OCH3 is 1. The predicted molar refractivity (Wildman–Crippen MR) is 97.1 cm³/mol. The van der Waals surface area contributed by atoms with Crippen molar-refractivity contribution in [1.82, 2.24) is 10.3 Å². The van der Waals surface area contributed by atoms with Crippen LogP contribution < -0.4 is 14.8 Å². The molecule has 0 unspecified atom stereocenters. The topological polar surface area (TPSA) is 60.5 Å². The fourth-order valence-electron chi connectivity index (χ4n) is 2.32. The molecule has 0 saturated carbocycles. The fraction of sp³-hybridized carbons (Fsp3) is 0.158. The SMILES string of the molecule is COc1ccccc1CNC(=O)c1cccc(OCc2cscn2)c1. The molecule has 0 spiro atoms. The molecule has 0 saturated heterocycles. The predicted octanol–water partition coefficient (Wildman–Crippen LogP) is 3.66. The van der Waals surface area contributed by atoms with Gasteiger partial charge in [-0.1, -0.05) is 24.3 Å². The molecule has 0 bridgehead atoms. The van der Waals surface area contributed by atoms with E-state index in [9.17, 15) is 4.79 Å². The Balaban J connectivity index is 1.61. The fourth-order valence-corrected chi connectivity index (χ4v) is 2.86. The lowest BCUT2D eigenvalue weighted by Crippen LogP contribution is -2.23. The van der Waals surface area contributed by atoms with Gasteiger partial charge < -0.3 is 14.8 Å². The molecule has 5 nitrogen and oxygen atoms in total. The highest BCUT2D eigenvalue weighted by molar-refractivity contribution is 7.07. The monoisotopic (exact) mass is 354 g/mol. The van der Waals surface area contributed by atoms with Gasteiger partial charge in [-0.25, -0.2) is 4.98 Å². The van der Waals surface area contributed by atoms with Crippen LogP contribution in [-0.4, -0.2) is 18.0 Å². The number of para-hydroxylation sites is 1. The van der Waals surface area contributed by atoms with E-state index in [2.05, 4.69) is 10.3 Å². The van der Waals surface area contributed by atoms with Crippen LogP contribution in [-0.2, 0) is 13.2 Å². The zero-order valence-corrected chi connectivity index (χ0v) is 14.6. The zero-order valence-electron chi connectivity index (χ0n) is 13.8. The molecule has 1 aromatic heterocycles. The van der Waals surface area contributed by atoms with Gasteiger partial charge in [0, 0.05) is 23.1 Å². The average molecular weight is 354 g/mol. The highest BCUT2D eigenvalue weighted by Gasteiger charge is 2.09. The molecule has 0 aliphatic carbocycles. The van der Waals surface area contributed by atoms with Crippen LogP contribution in [0.3, 0.4) is 0 Å². The van der Waals surface area contributed by atoms with Gasteiger partial charge in [0.2, 0.25) is 0 Å². The van der Waals surface area contributed by atoms with Gasteiger partial charge in [-0.3, -0.25) is 4.79 Å². The van der Waals surface area contributed by atoms with Crippen molar-refractivity contribution in [1.29, 1.82) is 0 Å². The normalized spacial score (nSPS) is 10.3. The molecular formula is C19H18N2O3S. The van der Waals surface area contributed by atoms with Crippen LogP contribution in [0.15, 0.2) is 59.4 Å². The smallest absolute Gasteiger partial charge is 0.251 e. The summed E-state index contributed by atoms with van der Waals surface area (Å²) >= 11 is 1.52. The number of benzene rings is 2. The van der Waals surface area contributed by atoms with Gasteiger partial charge in [-0.2, -0.15) is 0 Å². The summed E-state index contributed by atoms with van der Waals surface area (Å²) in [5, 5.41) is 4.84. The molecule has 0 fully saturated rings. The summed E-state index contributed by atoms with van der Waals surface area (Å²) < 4.78 is 11.0. The van der Waals surface area contributed by atoms with Crippen molar-refractivity contribution in [3.8, 4) is 11.5 Å². The van der Waals surface area contributed by atoms with Crippen molar-refractivity contribution >= 4 is 17.2 Å². The lowest BCUT2D eigenvalue weighted by molar-refractivity contribution is 0.0950. The van der Waals surface area contributed by atoms with Crippen LogP contribution in [0.4, 0.5) is 0 Å². The number of amides is 1. The summed E-state index contributed by atoms with van der Waals surface area (Å²) in [5.74, 6) is 1.23. The highest BCUT2D eigenvalue weighted by Crippen LogP contribution is 2.18. The van der Waals surface area contributed by atoms with Gasteiger partial charge in [0.15, 0.2) is 0 Å². The first-order valence-electron chi connectivity index (χ1n) is 7.76. The minimum atomic E-state index is -0.162. The first-order valence-corrected chi connectivity index (χ1v) is 8.70. The Morgan fingerprint density at radius 3 is 2.88 bits per heavy atom. The van der Waals surface area contributed by atoms with E-state index in [-0.39, 0.29) is 5.91 Å². The molecule has 1 heterocycles. The number of aromatic nitrogens is 1. The molecule has 2 aromatic carbocycles. The van der Waals surface area contributed by atoms with E-state index in [1.807, 2.05) is 35.7 Å². The van der Waals surface area contributed by atoms with Crippen LogP contribution >= 0.6 is 11.3 Å². The minimum Gasteiger partial charge on any atom is -0.496 e. The molecule has 128 valence electrons. The molecule has 1 amide bonds. The first kappa shape index (κ1) is 17.0. The summed E-state index contributed by atoms with van der Waals surface area (Å²) in [4.78, 5) is 16.6. The maximum atomic E-state index is 12.4. The molecule has 3 aromatic rings. The van der Waals surface area contributed by atoms with Crippen molar-refractivity contribution in [2.24, 2.45) is 0 Å². The number of hydrogen-bond donors (Lipinski definition) is 1. The second-order valence-corrected chi connectivity index (χ2v) is 6.01.